The molecule has 0 heterocycles. The Bertz CT molecular complexity index is 633. The Morgan fingerprint density at radius 2 is 1.70 bits per heavy atom. The topological polar surface area (TPSA) is 35.5 Å². The summed E-state index contributed by atoms with van der Waals surface area (Å²) >= 11 is 9.44. The number of hydrogen-bond acceptors (Lipinski definition) is 3. The van der Waals surface area contributed by atoms with Crippen molar-refractivity contribution in [1.29, 1.82) is 0 Å². The molecule has 0 aliphatic rings. The average Bonchev–Trinajstić information content (AvgIpc) is 2.48. The summed E-state index contributed by atoms with van der Waals surface area (Å²) in [5.74, 6) is 0.654. The van der Waals surface area contributed by atoms with Crippen molar-refractivity contribution >= 4 is 33.3 Å². The van der Waals surface area contributed by atoms with Crippen LogP contribution in [-0.2, 0) is 0 Å². The van der Waals surface area contributed by atoms with Gasteiger partial charge in [0.1, 0.15) is 17.1 Å². The number of halogens is 2. The Morgan fingerprint density at radius 3 is 2.25 bits per heavy atom. The number of rotatable bonds is 4. The minimum absolute atomic E-state index is 0.245. The maximum atomic E-state index is 12.7. The van der Waals surface area contributed by atoms with Crippen molar-refractivity contribution in [2.45, 2.75) is 0 Å². The number of ether oxygens (including phenoxy) is 2. The van der Waals surface area contributed by atoms with E-state index in [1.807, 2.05) is 0 Å². The summed E-state index contributed by atoms with van der Waals surface area (Å²) in [6.45, 7) is 0. The van der Waals surface area contributed by atoms with Gasteiger partial charge in [-0.3, -0.25) is 4.79 Å². The zero-order chi connectivity index (χ0) is 14.7. The van der Waals surface area contributed by atoms with Crippen LogP contribution in [0, 0.1) is 0 Å². The lowest BCUT2D eigenvalue weighted by atomic mass is 10.0. The first kappa shape index (κ1) is 14.9. The highest BCUT2D eigenvalue weighted by molar-refractivity contribution is 9.10. The molecule has 0 aromatic heterocycles. The van der Waals surface area contributed by atoms with Gasteiger partial charge < -0.3 is 9.47 Å². The number of benzene rings is 2. The van der Waals surface area contributed by atoms with E-state index in [1.54, 1.807) is 36.4 Å². The summed E-state index contributed by atoms with van der Waals surface area (Å²) < 4.78 is 11.3. The Labute approximate surface area is 130 Å². The van der Waals surface area contributed by atoms with E-state index >= 15 is 0 Å². The van der Waals surface area contributed by atoms with Gasteiger partial charge in [-0.1, -0.05) is 33.6 Å². The Hall–Kier alpha value is -1.52. The molecule has 2 aromatic carbocycles. The molecule has 0 aliphatic heterocycles. The highest BCUT2D eigenvalue weighted by atomic mass is 79.9. The van der Waals surface area contributed by atoms with Crippen molar-refractivity contribution in [2.75, 3.05) is 14.2 Å². The van der Waals surface area contributed by atoms with Crippen LogP contribution in [0.1, 0.15) is 15.9 Å². The number of carbonyl (C=O) groups is 1. The SMILES string of the molecule is COc1cccc(OC)c1C(=O)c1cc(Br)ccc1Cl. The van der Waals surface area contributed by atoms with Crippen LogP contribution in [0.3, 0.4) is 0 Å². The second-order valence-electron chi connectivity index (χ2n) is 3.99. The zero-order valence-electron chi connectivity index (χ0n) is 10.9. The third-order valence-electron chi connectivity index (χ3n) is 2.83. The van der Waals surface area contributed by atoms with Crippen molar-refractivity contribution in [2.24, 2.45) is 0 Å². The van der Waals surface area contributed by atoms with Crippen LogP contribution in [0.5, 0.6) is 11.5 Å². The van der Waals surface area contributed by atoms with Gasteiger partial charge >= 0.3 is 0 Å². The Kier molecular flexibility index (Phi) is 4.68. The van der Waals surface area contributed by atoms with E-state index in [2.05, 4.69) is 15.9 Å². The summed E-state index contributed by atoms with van der Waals surface area (Å²) in [6, 6.07) is 10.3. The van der Waals surface area contributed by atoms with Gasteiger partial charge in [-0.05, 0) is 30.3 Å². The predicted octanol–water partition coefficient (Wildman–Crippen LogP) is 4.35. The first-order valence-corrected chi connectivity index (χ1v) is 6.96. The zero-order valence-corrected chi connectivity index (χ0v) is 13.3. The normalized spacial score (nSPS) is 10.2. The fraction of sp³-hybridized carbons (Fsp3) is 0.133. The standard InChI is InChI=1S/C15H12BrClO3/c1-19-12-4-3-5-13(20-2)14(12)15(18)10-8-9(16)6-7-11(10)17/h3-8H,1-2H3. The van der Waals surface area contributed by atoms with E-state index in [4.69, 9.17) is 21.1 Å². The molecule has 20 heavy (non-hydrogen) atoms. The van der Waals surface area contributed by atoms with Gasteiger partial charge in [0.05, 0.1) is 19.2 Å². The minimum atomic E-state index is -0.245. The monoisotopic (exact) mass is 354 g/mol. The van der Waals surface area contributed by atoms with E-state index in [1.165, 1.54) is 14.2 Å². The summed E-state index contributed by atoms with van der Waals surface area (Å²) in [5.41, 5.74) is 0.751. The molecule has 104 valence electrons. The quantitative estimate of drug-likeness (QED) is 0.765. The number of ketones is 1. The first-order chi connectivity index (χ1) is 9.58. The maximum absolute atomic E-state index is 12.7. The fourth-order valence-electron chi connectivity index (χ4n) is 1.88. The van der Waals surface area contributed by atoms with Crippen molar-refractivity contribution in [3.05, 3.63) is 57.0 Å². The molecule has 0 bridgehead atoms. The van der Waals surface area contributed by atoms with Crippen molar-refractivity contribution in [3.63, 3.8) is 0 Å². The molecule has 0 unspecified atom stereocenters. The van der Waals surface area contributed by atoms with Gasteiger partial charge in [0, 0.05) is 10.0 Å². The molecule has 5 heteroatoms. The lowest BCUT2D eigenvalue weighted by Crippen LogP contribution is -2.07. The molecule has 0 aliphatic carbocycles. The molecular formula is C15H12BrClO3. The van der Waals surface area contributed by atoms with E-state index in [0.717, 1.165) is 4.47 Å². The number of carbonyl (C=O) groups excluding carboxylic acids is 1. The molecule has 0 spiro atoms. The van der Waals surface area contributed by atoms with Gasteiger partial charge in [0.2, 0.25) is 5.78 Å². The maximum Gasteiger partial charge on any atom is 0.202 e. The number of methoxy groups -OCH3 is 2. The third-order valence-corrected chi connectivity index (χ3v) is 3.65. The molecule has 0 atom stereocenters. The van der Waals surface area contributed by atoms with Gasteiger partial charge in [-0.2, -0.15) is 0 Å². The van der Waals surface area contributed by atoms with Crippen LogP contribution < -0.4 is 9.47 Å². The molecule has 0 saturated heterocycles. The largest absolute Gasteiger partial charge is 0.496 e. The highest BCUT2D eigenvalue weighted by Crippen LogP contribution is 2.33. The predicted molar refractivity (Wildman–Crippen MR) is 82.1 cm³/mol. The van der Waals surface area contributed by atoms with Gasteiger partial charge in [-0.15, -0.1) is 0 Å². The van der Waals surface area contributed by atoms with Crippen molar-refractivity contribution < 1.29 is 14.3 Å². The molecule has 3 nitrogen and oxygen atoms in total. The summed E-state index contributed by atoms with van der Waals surface area (Å²) in [5, 5.41) is 0.381. The van der Waals surface area contributed by atoms with Crippen LogP contribution in [0.25, 0.3) is 0 Å². The van der Waals surface area contributed by atoms with E-state index in [9.17, 15) is 4.79 Å². The van der Waals surface area contributed by atoms with E-state index in [-0.39, 0.29) is 5.78 Å². The molecule has 0 radical (unpaired) electrons. The smallest absolute Gasteiger partial charge is 0.202 e. The lowest BCUT2D eigenvalue weighted by molar-refractivity contribution is 0.103. The Balaban J connectivity index is 2.61. The molecule has 0 fully saturated rings. The van der Waals surface area contributed by atoms with Crippen LogP contribution in [-0.4, -0.2) is 20.0 Å². The molecular weight excluding hydrogens is 344 g/mol. The average molecular weight is 356 g/mol. The molecule has 0 saturated carbocycles. The van der Waals surface area contributed by atoms with E-state index < -0.39 is 0 Å². The first-order valence-electron chi connectivity index (χ1n) is 5.79. The second-order valence-corrected chi connectivity index (χ2v) is 5.31. The van der Waals surface area contributed by atoms with Crippen molar-refractivity contribution in [3.8, 4) is 11.5 Å². The third kappa shape index (κ3) is 2.81. The van der Waals surface area contributed by atoms with Crippen LogP contribution in [0.2, 0.25) is 5.02 Å². The summed E-state index contributed by atoms with van der Waals surface area (Å²) in [7, 11) is 3.02. The fourth-order valence-corrected chi connectivity index (χ4v) is 2.45. The Morgan fingerprint density at radius 1 is 1.10 bits per heavy atom. The summed E-state index contributed by atoms with van der Waals surface area (Å²) in [6.07, 6.45) is 0. The highest BCUT2D eigenvalue weighted by Gasteiger charge is 2.21. The molecule has 0 amide bonds. The van der Waals surface area contributed by atoms with E-state index in [0.29, 0.717) is 27.6 Å². The minimum Gasteiger partial charge on any atom is -0.496 e. The van der Waals surface area contributed by atoms with Gasteiger partial charge in [-0.25, -0.2) is 0 Å². The van der Waals surface area contributed by atoms with Gasteiger partial charge in [0.25, 0.3) is 0 Å². The van der Waals surface area contributed by atoms with Gasteiger partial charge in [0.15, 0.2) is 0 Å². The molecule has 2 rings (SSSR count). The second kappa shape index (κ2) is 6.29. The van der Waals surface area contributed by atoms with Crippen LogP contribution in [0.15, 0.2) is 40.9 Å². The van der Waals surface area contributed by atoms with Crippen LogP contribution >= 0.6 is 27.5 Å². The van der Waals surface area contributed by atoms with Crippen molar-refractivity contribution in [1.82, 2.24) is 0 Å². The molecule has 2 aromatic rings. The number of hydrogen-bond donors (Lipinski definition) is 0. The van der Waals surface area contributed by atoms with Crippen LogP contribution in [0.4, 0.5) is 0 Å². The molecule has 0 N–H and O–H groups in total. The summed E-state index contributed by atoms with van der Waals surface area (Å²) in [4.78, 5) is 12.7. The lowest BCUT2D eigenvalue weighted by Gasteiger charge is -2.12.